The largest absolute Gasteiger partial charge is 0.479 e. The Kier molecular flexibility index (Phi) is 4.78. The van der Waals surface area contributed by atoms with Crippen LogP contribution in [0.5, 0.6) is 5.75 Å². The number of rotatable bonds is 5. The number of carbonyl (C=O) groups is 1. The van der Waals surface area contributed by atoms with Crippen molar-refractivity contribution in [2.45, 2.75) is 32.4 Å². The number of ether oxygens (including phenoxy) is 1. The lowest BCUT2D eigenvalue weighted by Gasteiger charge is -2.15. The second-order valence-electron chi connectivity index (χ2n) is 3.83. The molecular formula is C12H16ClNO3. The maximum absolute atomic E-state index is 10.8. The summed E-state index contributed by atoms with van der Waals surface area (Å²) in [5.41, 5.74) is 6.60. The Hall–Kier alpha value is -1.26. The molecule has 0 aliphatic rings. The van der Waals surface area contributed by atoms with Crippen LogP contribution >= 0.6 is 11.6 Å². The molecule has 0 radical (unpaired) electrons. The van der Waals surface area contributed by atoms with Crippen molar-refractivity contribution in [2.75, 3.05) is 0 Å². The SMILES string of the molecule is CCC(Oc1ccc([C@@H](C)N)cc1Cl)C(=O)O. The lowest BCUT2D eigenvalue weighted by atomic mass is 10.1. The van der Waals surface area contributed by atoms with Crippen LogP contribution in [0.25, 0.3) is 0 Å². The molecule has 94 valence electrons. The number of nitrogens with two attached hydrogens (primary N) is 1. The molecule has 5 heteroatoms. The van der Waals surface area contributed by atoms with E-state index in [4.69, 9.17) is 27.2 Å². The minimum absolute atomic E-state index is 0.122. The highest BCUT2D eigenvalue weighted by molar-refractivity contribution is 6.32. The molecule has 3 N–H and O–H groups in total. The van der Waals surface area contributed by atoms with Gasteiger partial charge in [0.25, 0.3) is 0 Å². The van der Waals surface area contributed by atoms with Crippen LogP contribution in [-0.4, -0.2) is 17.2 Å². The highest BCUT2D eigenvalue weighted by atomic mass is 35.5. The Labute approximate surface area is 105 Å². The van der Waals surface area contributed by atoms with E-state index in [1.807, 2.05) is 6.92 Å². The van der Waals surface area contributed by atoms with E-state index in [-0.39, 0.29) is 6.04 Å². The second-order valence-corrected chi connectivity index (χ2v) is 4.24. The van der Waals surface area contributed by atoms with E-state index < -0.39 is 12.1 Å². The molecule has 0 heterocycles. The van der Waals surface area contributed by atoms with Crippen LogP contribution in [0, 0.1) is 0 Å². The van der Waals surface area contributed by atoms with Crippen molar-refractivity contribution in [1.82, 2.24) is 0 Å². The molecule has 1 aromatic carbocycles. The molecule has 0 saturated carbocycles. The Morgan fingerprint density at radius 3 is 2.65 bits per heavy atom. The summed E-state index contributed by atoms with van der Waals surface area (Å²) in [6, 6.07) is 4.99. The first-order valence-electron chi connectivity index (χ1n) is 5.40. The quantitative estimate of drug-likeness (QED) is 0.850. The molecule has 4 nitrogen and oxygen atoms in total. The van der Waals surface area contributed by atoms with E-state index in [2.05, 4.69) is 0 Å². The van der Waals surface area contributed by atoms with Crippen LogP contribution in [-0.2, 0) is 4.79 Å². The Morgan fingerprint density at radius 1 is 1.59 bits per heavy atom. The fourth-order valence-electron chi connectivity index (χ4n) is 1.36. The van der Waals surface area contributed by atoms with E-state index >= 15 is 0 Å². The highest BCUT2D eigenvalue weighted by Gasteiger charge is 2.18. The summed E-state index contributed by atoms with van der Waals surface area (Å²) in [6.45, 7) is 3.58. The fourth-order valence-corrected chi connectivity index (χ4v) is 1.59. The monoisotopic (exact) mass is 257 g/mol. The summed E-state index contributed by atoms with van der Waals surface area (Å²) in [4.78, 5) is 10.8. The molecule has 1 aromatic rings. The molecule has 0 fully saturated rings. The minimum Gasteiger partial charge on any atom is -0.479 e. The van der Waals surface area contributed by atoms with E-state index in [0.29, 0.717) is 17.2 Å². The van der Waals surface area contributed by atoms with Gasteiger partial charge >= 0.3 is 5.97 Å². The van der Waals surface area contributed by atoms with Gasteiger partial charge in [-0.2, -0.15) is 0 Å². The third-order valence-corrected chi connectivity index (χ3v) is 2.69. The summed E-state index contributed by atoms with van der Waals surface area (Å²) in [6.07, 6.45) is -0.505. The molecule has 0 spiro atoms. The Bertz CT molecular complexity index is 407. The van der Waals surface area contributed by atoms with Crippen LogP contribution in [0.15, 0.2) is 18.2 Å². The van der Waals surface area contributed by atoms with Crippen molar-refractivity contribution in [3.05, 3.63) is 28.8 Å². The summed E-state index contributed by atoms with van der Waals surface area (Å²) >= 11 is 6.01. The van der Waals surface area contributed by atoms with Gasteiger partial charge in [0, 0.05) is 6.04 Å². The van der Waals surface area contributed by atoms with E-state index in [0.717, 1.165) is 5.56 Å². The van der Waals surface area contributed by atoms with Crippen molar-refractivity contribution in [2.24, 2.45) is 5.73 Å². The van der Waals surface area contributed by atoms with Gasteiger partial charge in [0.15, 0.2) is 6.10 Å². The average molecular weight is 258 g/mol. The molecule has 0 aliphatic carbocycles. The van der Waals surface area contributed by atoms with Gasteiger partial charge in [-0.05, 0) is 31.0 Å². The van der Waals surface area contributed by atoms with Crippen molar-refractivity contribution >= 4 is 17.6 Å². The molecule has 1 unspecified atom stereocenters. The lowest BCUT2D eigenvalue weighted by molar-refractivity contribution is -0.145. The highest BCUT2D eigenvalue weighted by Crippen LogP contribution is 2.28. The topological polar surface area (TPSA) is 72.5 Å². The number of halogens is 1. The third-order valence-electron chi connectivity index (χ3n) is 2.40. The number of carboxylic acids is 1. The van der Waals surface area contributed by atoms with Crippen LogP contribution in [0.4, 0.5) is 0 Å². The van der Waals surface area contributed by atoms with Gasteiger partial charge in [0.2, 0.25) is 0 Å². The summed E-state index contributed by atoms with van der Waals surface area (Å²) in [7, 11) is 0. The summed E-state index contributed by atoms with van der Waals surface area (Å²) < 4.78 is 5.32. The van der Waals surface area contributed by atoms with E-state index in [9.17, 15) is 4.79 Å². The van der Waals surface area contributed by atoms with Gasteiger partial charge < -0.3 is 15.6 Å². The third kappa shape index (κ3) is 3.61. The maximum atomic E-state index is 10.8. The van der Waals surface area contributed by atoms with Crippen molar-refractivity contribution < 1.29 is 14.6 Å². The van der Waals surface area contributed by atoms with Crippen molar-refractivity contribution in [3.63, 3.8) is 0 Å². The Morgan fingerprint density at radius 2 is 2.24 bits per heavy atom. The van der Waals surface area contributed by atoms with E-state index in [1.54, 1.807) is 25.1 Å². The normalized spacial score (nSPS) is 14.1. The van der Waals surface area contributed by atoms with Crippen LogP contribution < -0.4 is 10.5 Å². The number of hydrogen-bond acceptors (Lipinski definition) is 3. The molecular weight excluding hydrogens is 242 g/mol. The maximum Gasteiger partial charge on any atom is 0.344 e. The zero-order valence-corrected chi connectivity index (χ0v) is 10.6. The standard InChI is InChI=1S/C12H16ClNO3/c1-3-10(12(15)16)17-11-5-4-8(7(2)14)6-9(11)13/h4-7,10H,3,14H2,1-2H3,(H,15,16)/t7-,10?/m1/s1. The molecule has 0 saturated heterocycles. The molecule has 1 rings (SSSR count). The van der Waals surface area contributed by atoms with Crippen LogP contribution in [0.1, 0.15) is 31.9 Å². The predicted molar refractivity (Wildman–Crippen MR) is 66.4 cm³/mol. The predicted octanol–water partition coefficient (Wildman–Crippen LogP) is 2.60. The molecule has 0 bridgehead atoms. The Balaban J connectivity index is 2.89. The van der Waals surface area contributed by atoms with E-state index in [1.165, 1.54) is 0 Å². The van der Waals surface area contributed by atoms with Crippen LogP contribution in [0.3, 0.4) is 0 Å². The first-order chi connectivity index (χ1) is 7.95. The molecule has 0 aromatic heterocycles. The molecule has 2 atom stereocenters. The van der Waals surface area contributed by atoms with Crippen molar-refractivity contribution in [1.29, 1.82) is 0 Å². The zero-order valence-electron chi connectivity index (χ0n) is 9.81. The second kappa shape index (κ2) is 5.89. The van der Waals surface area contributed by atoms with Gasteiger partial charge in [0.05, 0.1) is 5.02 Å². The minimum atomic E-state index is -1.00. The van der Waals surface area contributed by atoms with Crippen LogP contribution in [0.2, 0.25) is 5.02 Å². The summed E-state index contributed by atoms with van der Waals surface area (Å²) in [5, 5.41) is 9.25. The average Bonchev–Trinajstić information content (AvgIpc) is 2.26. The van der Waals surface area contributed by atoms with Crippen molar-refractivity contribution in [3.8, 4) is 5.75 Å². The van der Waals surface area contributed by atoms with Gasteiger partial charge in [-0.3, -0.25) is 0 Å². The number of aliphatic carboxylic acids is 1. The van der Waals surface area contributed by atoms with Gasteiger partial charge in [-0.15, -0.1) is 0 Å². The van der Waals surface area contributed by atoms with Gasteiger partial charge in [0.1, 0.15) is 5.75 Å². The number of benzene rings is 1. The lowest BCUT2D eigenvalue weighted by Crippen LogP contribution is -2.26. The first-order valence-corrected chi connectivity index (χ1v) is 5.78. The molecule has 17 heavy (non-hydrogen) atoms. The van der Waals surface area contributed by atoms with Gasteiger partial charge in [-0.25, -0.2) is 4.79 Å². The molecule has 0 aliphatic heterocycles. The smallest absolute Gasteiger partial charge is 0.344 e. The van der Waals surface area contributed by atoms with Gasteiger partial charge in [-0.1, -0.05) is 24.6 Å². The first kappa shape index (κ1) is 13.8. The number of hydrogen-bond donors (Lipinski definition) is 2. The summed E-state index contributed by atoms with van der Waals surface area (Å²) in [5.74, 6) is -0.634. The molecule has 0 amide bonds. The number of carboxylic acid groups (broad SMARTS) is 1. The fraction of sp³-hybridized carbons (Fsp3) is 0.417. The zero-order chi connectivity index (χ0) is 13.0.